The summed E-state index contributed by atoms with van der Waals surface area (Å²) in [7, 11) is 0. The molecular weight excluding hydrogens is 230 g/mol. The average Bonchev–Trinajstić information content (AvgIpc) is 2.82. The van der Waals surface area contributed by atoms with Crippen molar-refractivity contribution in [2.75, 3.05) is 0 Å². The number of carbonyl (C=O) groups is 1. The van der Waals surface area contributed by atoms with Crippen LogP contribution in [0.1, 0.15) is 27.6 Å². The molecule has 0 bridgehead atoms. The van der Waals surface area contributed by atoms with Gasteiger partial charge in [0.25, 0.3) is 5.91 Å². The van der Waals surface area contributed by atoms with E-state index in [2.05, 4.69) is 10.3 Å². The van der Waals surface area contributed by atoms with E-state index in [0.717, 1.165) is 17.1 Å². The van der Waals surface area contributed by atoms with Crippen molar-refractivity contribution in [3.8, 4) is 0 Å². The van der Waals surface area contributed by atoms with Gasteiger partial charge in [-0.05, 0) is 30.7 Å². The SMILES string of the molecule is Cc1ccc(CNC(=O)c2ccc(CN)cn2)o1. The van der Waals surface area contributed by atoms with E-state index in [0.29, 0.717) is 18.8 Å². The number of hydrogen-bond acceptors (Lipinski definition) is 4. The third kappa shape index (κ3) is 2.95. The second-order valence-electron chi connectivity index (χ2n) is 3.95. The molecule has 2 aromatic heterocycles. The predicted octanol–water partition coefficient (Wildman–Crippen LogP) is 1.37. The molecule has 0 unspecified atom stereocenters. The second-order valence-corrected chi connectivity index (χ2v) is 3.95. The molecule has 18 heavy (non-hydrogen) atoms. The zero-order chi connectivity index (χ0) is 13.0. The molecule has 0 radical (unpaired) electrons. The summed E-state index contributed by atoms with van der Waals surface area (Å²) in [6.07, 6.45) is 1.60. The first kappa shape index (κ1) is 12.3. The van der Waals surface area contributed by atoms with E-state index in [1.165, 1.54) is 0 Å². The molecule has 5 nitrogen and oxygen atoms in total. The molecule has 5 heteroatoms. The van der Waals surface area contributed by atoms with Crippen LogP contribution in [0.2, 0.25) is 0 Å². The number of hydrogen-bond donors (Lipinski definition) is 2. The Morgan fingerprint density at radius 1 is 1.39 bits per heavy atom. The van der Waals surface area contributed by atoms with Gasteiger partial charge in [0.2, 0.25) is 0 Å². The first-order valence-corrected chi connectivity index (χ1v) is 5.67. The summed E-state index contributed by atoms with van der Waals surface area (Å²) in [5, 5.41) is 2.74. The minimum atomic E-state index is -0.229. The van der Waals surface area contributed by atoms with Crippen molar-refractivity contribution in [1.29, 1.82) is 0 Å². The summed E-state index contributed by atoms with van der Waals surface area (Å²) in [6, 6.07) is 7.14. The minimum absolute atomic E-state index is 0.229. The maximum atomic E-state index is 11.8. The molecule has 0 saturated carbocycles. The summed E-state index contributed by atoms with van der Waals surface area (Å²) in [5.41, 5.74) is 6.73. The zero-order valence-electron chi connectivity index (χ0n) is 10.1. The van der Waals surface area contributed by atoms with E-state index < -0.39 is 0 Å². The summed E-state index contributed by atoms with van der Waals surface area (Å²) in [6.45, 7) is 2.63. The largest absolute Gasteiger partial charge is 0.465 e. The van der Waals surface area contributed by atoms with E-state index in [9.17, 15) is 4.79 Å². The van der Waals surface area contributed by atoms with Crippen LogP contribution in [-0.4, -0.2) is 10.9 Å². The Morgan fingerprint density at radius 2 is 2.22 bits per heavy atom. The number of pyridine rings is 1. The van der Waals surface area contributed by atoms with Gasteiger partial charge in [-0.15, -0.1) is 0 Å². The van der Waals surface area contributed by atoms with Crippen molar-refractivity contribution in [3.63, 3.8) is 0 Å². The summed E-state index contributed by atoms with van der Waals surface area (Å²) < 4.78 is 5.35. The van der Waals surface area contributed by atoms with Gasteiger partial charge in [-0.25, -0.2) is 0 Å². The van der Waals surface area contributed by atoms with E-state index >= 15 is 0 Å². The third-order valence-electron chi connectivity index (χ3n) is 2.51. The number of rotatable bonds is 4. The van der Waals surface area contributed by atoms with Crippen molar-refractivity contribution in [2.45, 2.75) is 20.0 Å². The molecule has 2 heterocycles. The number of aryl methyl sites for hydroxylation is 1. The third-order valence-corrected chi connectivity index (χ3v) is 2.51. The Kier molecular flexibility index (Phi) is 3.74. The smallest absolute Gasteiger partial charge is 0.270 e. The maximum Gasteiger partial charge on any atom is 0.270 e. The van der Waals surface area contributed by atoms with Crippen LogP contribution in [0, 0.1) is 6.92 Å². The van der Waals surface area contributed by atoms with Crippen LogP contribution in [0.5, 0.6) is 0 Å². The highest BCUT2D eigenvalue weighted by atomic mass is 16.3. The first-order chi connectivity index (χ1) is 8.69. The molecule has 0 atom stereocenters. The Bertz CT molecular complexity index is 531. The molecule has 0 aliphatic carbocycles. The number of carbonyl (C=O) groups excluding carboxylic acids is 1. The number of furan rings is 1. The van der Waals surface area contributed by atoms with Gasteiger partial charge in [0.05, 0.1) is 6.54 Å². The summed E-state index contributed by atoms with van der Waals surface area (Å²) >= 11 is 0. The van der Waals surface area contributed by atoms with Gasteiger partial charge >= 0.3 is 0 Å². The van der Waals surface area contributed by atoms with Crippen LogP contribution in [-0.2, 0) is 13.1 Å². The zero-order valence-corrected chi connectivity index (χ0v) is 10.1. The maximum absolute atomic E-state index is 11.8. The van der Waals surface area contributed by atoms with Crippen LogP contribution in [0.4, 0.5) is 0 Å². The molecule has 2 aromatic rings. The summed E-state index contributed by atoms with van der Waals surface area (Å²) in [4.78, 5) is 15.8. The normalized spacial score (nSPS) is 10.3. The van der Waals surface area contributed by atoms with E-state index in [1.807, 2.05) is 19.1 Å². The molecular formula is C13H15N3O2. The lowest BCUT2D eigenvalue weighted by molar-refractivity contribution is 0.0943. The van der Waals surface area contributed by atoms with E-state index in [1.54, 1.807) is 18.3 Å². The van der Waals surface area contributed by atoms with Gasteiger partial charge in [0.15, 0.2) is 0 Å². The number of nitrogens with two attached hydrogens (primary N) is 1. The predicted molar refractivity (Wildman–Crippen MR) is 66.7 cm³/mol. The monoisotopic (exact) mass is 245 g/mol. The number of nitrogens with zero attached hydrogens (tertiary/aromatic N) is 1. The second kappa shape index (κ2) is 5.46. The van der Waals surface area contributed by atoms with Gasteiger partial charge < -0.3 is 15.5 Å². The lowest BCUT2D eigenvalue weighted by Gasteiger charge is -2.03. The highest BCUT2D eigenvalue weighted by Crippen LogP contribution is 2.06. The summed E-state index contributed by atoms with van der Waals surface area (Å²) in [5.74, 6) is 1.32. The van der Waals surface area contributed by atoms with Crippen LogP contribution < -0.4 is 11.1 Å². The number of amides is 1. The van der Waals surface area contributed by atoms with Gasteiger partial charge in [0.1, 0.15) is 17.2 Å². The Balaban J connectivity index is 1.94. The van der Waals surface area contributed by atoms with Crippen LogP contribution in [0.3, 0.4) is 0 Å². The van der Waals surface area contributed by atoms with Crippen LogP contribution in [0.15, 0.2) is 34.9 Å². The number of nitrogens with one attached hydrogen (secondary N) is 1. The Hall–Kier alpha value is -2.14. The van der Waals surface area contributed by atoms with Gasteiger partial charge in [-0.1, -0.05) is 6.07 Å². The fourth-order valence-electron chi connectivity index (χ4n) is 1.52. The minimum Gasteiger partial charge on any atom is -0.465 e. The topological polar surface area (TPSA) is 81.2 Å². The molecule has 0 saturated heterocycles. The van der Waals surface area contributed by atoms with E-state index in [4.69, 9.17) is 10.2 Å². The highest BCUT2D eigenvalue weighted by molar-refractivity contribution is 5.92. The molecule has 0 spiro atoms. The standard InChI is InChI=1S/C13H15N3O2/c1-9-2-4-11(18-9)8-16-13(17)12-5-3-10(6-14)7-15-12/h2-5,7H,6,8,14H2,1H3,(H,16,17). The molecule has 0 aliphatic rings. The fourth-order valence-corrected chi connectivity index (χ4v) is 1.52. The molecule has 0 aliphatic heterocycles. The number of aromatic nitrogens is 1. The Labute approximate surface area is 105 Å². The Morgan fingerprint density at radius 3 is 2.78 bits per heavy atom. The molecule has 94 valence electrons. The molecule has 1 amide bonds. The van der Waals surface area contributed by atoms with Crippen LogP contribution >= 0.6 is 0 Å². The quantitative estimate of drug-likeness (QED) is 0.852. The average molecular weight is 245 g/mol. The van der Waals surface area contributed by atoms with Crippen molar-refractivity contribution in [2.24, 2.45) is 5.73 Å². The van der Waals surface area contributed by atoms with Crippen molar-refractivity contribution >= 4 is 5.91 Å². The van der Waals surface area contributed by atoms with E-state index in [-0.39, 0.29) is 5.91 Å². The molecule has 2 rings (SSSR count). The molecule has 0 fully saturated rings. The van der Waals surface area contributed by atoms with Gasteiger partial charge in [0, 0.05) is 12.7 Å². The highest BCUT2D eigenvalue weighted by Gasteiger charge is 2.07. The molecule has 0 aromatic carbocycles. The molecule has 3 N–H and O–H groups in total. The van der Waals surface area contributed by atoms with Crippen molar-refractivity contribution in [3.05, 3.63) is 53.2 Å². The van der Waals surface area contributed by atoms with Crippen molar-refractivity contribution < 1.29 is 9.21 Å². The lowest BCUT2D eigenvalue weighted by atomic mass is 10.2. The lowest BCUT2D eigenvalue weighted by Crippen LogP contribution is -2.23. The fraction of sp³-hybridized carbons (Fsp3) is 0.231. The van der Waals surface area contributed by atoms with Gasteiger partial charge in [-0.3, -0.25) is 9.78 Å². The van der Waals surface area contributed by atoms with Crippen molar-refractivity contribution in [1.82, 2.24) is 10.3 Å². The van der Waals surface area contributed by atoms with Crippen LogP contribution in [0.25, 0.3) is 0 Å². The first-order valence-electron chi connectivity index (χ1n) is 5.67. The van der Waals surface area contributed by atoms with Gasteiger partial charge in [-0.2, -0.15) is 0 Å².